The molecule has 1 aromatic rings. The van der Waals surface area contributed by atoms with Crippen molar-refractivity contribution in [1.82, 2.24) is 10.3 Å². The molecule has 0 saturated heterocycles. The molecular weight excluding hydrogens is 188 g/mol. The van der Waals surface area contributed by atoms with Crippen molar-refractivity contribution >= 4 is 0 Å². The monoisotopic (exact) mass is 208 g/mol. The molecule has 1 aromatic heterocycles. The maximum absolute atomic E-state index is 5.15. The highest BCUT2D eigenvalue weighted by atomic mass is 16.5. The maximum Gasteiger partial charge on any atom is 0.0615 e. The Morgan fingerprint density at radius 3 is 2.80 bits per heavy atom. The first-order valence-electron chi connectivity index (χ1n) is 5.43. The number of nitrogens with zero attached hydrogens (tertiary/aromatic N) is 1. The molecule has 3 nitrogen and oxygen atoms in total. The first kappa shape index (κ1) is 12.1. The van der Waals surface area contributed by atoms with Gasteiger partial charge in [0.1, 0.15) is 0 Å². The number of hydrogen-bond donors (Lipinski definition) is 1. The van der Waals surface area contributed by atoms with Crippen LogP contribution in [0.2, 0.25) is 0 Å². The topological polar surface area (TPSA) is 34.1 Å². The lowest BCUT2D eigenvalue weighted by Crippen LogP contribution is -2.34. The molecule has 84 valence electrons. The minimum Gasteiger partial charge on any atom is -0.383 e. The summed E-state index contributed by atoms with van der Waals surface area (Å²) in [7, 11) is 1.73. The van der Waals surface area contributed by atoms with Crippen LogP contribution in [0.25, 0.3) is 0 Å². The lowest BCUT2D eigenvalue weighted by molar-refractivity contribution is 0.159. The molecule has 15 heavy (non-hydrogen) atoms. The van der Waals surface area contributed by atoms with E-state index in [9.17, 15) is 0 Å². The predicted octanol–water partition coefficient (Wildman–Crippen LogP) is 2.16. The van der Waals surface area contributed by atoms with Gasteiger partial charge in [-0.05, 0) is 25.5 Å². The quantitative estimate of drug-likeness (QED) is 0.778. The number of ether oxygens (including phenoxy) is 1. The molecule has 0 bridgehead atoms. The summed E-state index contributed by atoms with van der Waals surface area (Å²) in [5.74, 6) is 0. The van der Waals surface area contributed by atoms with Gasteiger partial charge in [0, 0.05) is 25.4 Å². The van der Waals surface area contributed by atoms with Gasteiger partial charge in [-0.1, -0.05) is 13.0 Å². The van der Waals surface area contributed by atoms with Gasteiger partial charge in [0.2, 0.25) is 0 Å². The molecule has 0 radical (unpaired) electrons. The van der Waals surface area contributed by atoms with E-state index in [1.165, 1.54) is 0 Å². The smallest absolute Gasteiger partial charge is 0.0615 e. The third-order valence-corrected chi connectivity index (χ3v) is 2.48. The second kappa shape index (κ2) is 6.53. The van der Waals surface area contributed by atoms with E-state index in [0.717, 1.165) is 18.7 Å². The van der Waals surface area contributed by atoms with Crippen molar-refractivity contribution in [3.63, 3.8) is 0 Å². The van der Waals surface area contributed by atoms with Crippen molar-refractivity contribution in [3.8, 4) is 0 Å². The van der Waals surface area contributed by atoms with Crippen LogP contribution in [0.4, 0.5) is 0 Å². The molecule has 1 rings (SSSR count). The van der Waals surface area contributed by atoms with Gasteiger partial charge in [0.05, 0.1) is 12.3 Å². The van der Waals surface area contributed by atoms with Gasteiger partial charge < -0.3 is 10.1 Å². The summed E-state index contributed by atoms with van der Waals surface area (Å²) in [5, 5.41) is 3.50. The Morgan fingerprint density at radius 2 is 2.27 bits per heavy atom. The summed E-state index contributed by atoms with van der Waals surface area (Å²) in [6, 6.07) is 6.65. The normalized spacial score (nSPS) is 14.9. The average Bonchev–Trinajstić information content (AvgIpc) is 2.29. The van der Waals surface area contributed by atoms with Gasteiger partial charge in [-0.15, -0.1) is 0 Å². The molecule has 0 fully saturated rings. The number of hydrogen-bond acceptors (Lipinski definition) is 3. The summed E-state index contributed by atoms with van der Waals surface area (Å²) in [4.78, 5) is 4.32. The van der Waals surface area contributed by atoms with E-state index in [1.807, 2.05) is 24.4 Å². The fourth-order valence-corrected chi connectivity index (χ4v) is 1.56. The van der Waals surface area contributed by atoms with Crippen LogP contribution in [0.3, 0.4) is 0 Å². The average molecular weight is 208 g/mol. The van der Waals surface area contributed by atoms with Crippen molar-refractivity contribution < 1.29 is 4.74 Å². The van der Waals surface area contributed by atoms with Gasteiger partial charge in [-0.25, -0.2) is 0 Å². The molecule has 0 aliphatic heterocycles. The van der Waals surface area contributed by atoms with E-state index >= 15 is 0 Å². The molecule has 1 N–H and O–H groups in total. The zero-order chi connectivity index (χ0) is 11.1. The van der Waals surface area contributed by atoms with E-state index in [0.29, 0.717) is 6.04 Å². The lowest BCUT2D eigenvalue weighted by Gasteiger charge is -2.21. The minimum absolute atomic E-state index is 0.270. The van der Waals surface area contributed by atoms with Crippen LogP contribution in [0.5, 0.6) is 0 Å². The van der Waals surface area contributed by atoms with E-state index < -0.39 is 0 Å². The van der Waals surface area contributed by atoms with E-state index in [4.69, 9.17) is 4.74 Å². The van der Waals surface area contributed by atoms with Crippen LogP contribution in [-0.2, 0) is 4.74 Å². The molecule has 0 aromatic carbocycles. The van der Waals surface area contributed by atoms with Crippen molar-refractivity contribution in [2.24, 2.45) is 0 Å². The Morgan fingerprint density at radius 1 is 1.47 bits per heavy atom. The van der Waals surface area contributed by atoms with Gasteiger partial charge in [0.15, 0.2) is 0 Å². The molecule has 2 unspecified atom stereocenters. The predicted molar refractivity (Wildman–Crippen MR) is 61.7 cm³/mol. The Hall–Kier alpha value is -0.930. The second-order valence-electron chi connectivity index (χ2n) is 3.70. The van der Waals surface area contributed by atoms with Crippen LogP contribution < -0.4 is 5.32 Å². The minimum atomic E-state index is 0.270. The maximum atomic E-state index is 5.15. The number of aromatic nitrogens is 1. The molecule has 0 saturated carbocycles. The summed E-state index contributed by atoms with van der Waals surface area (Å²) in [5.41, 5.74) is 1.08. The third-order valence-electron chi connectivity index (χ3n) is 2.48. The van der Waals surface area contributed by atoms with Gasteiger partial charge in [-0.2, -0.15) is 0 Å². The number of rotatable bonds is 6. The molecule has 0 amide bonds. The van der Waals surface area contributed by atoms with Crippen LogP contribution in [0.1, 0.15) is 32.0 Å². The number of methoxy groups -OCH3 is 1. The molecular formula is C12H20N2O. The van der Waals surface area contributed by atoms with Crippen LogP contribution in [-0.4, -0.2) is 24.7 Å². The number of nitrogens with one attached hydrogen (secondary N) is 1. The van der Waals surface area contributed by atoms with Crippen molar-refractivity contribution in [1.29, 1.82) is 0 Å². The van der Waals surface area contributed by atoms with Crippen LogP contribution in [0.15, 0.2) is 24.4 Å². The van der Waals surface area contributed by atoms with Gasteiger partial charge >= 0.3 is 0 Å². The molecule has 0 aliphatic carbocycles. The lowest BCUT2D eigenvalue weighted by atomic mass is 10.1. The van der Waals surface area contributed by atoms with Gasteiger partial charge in [0.25, 0.3) is 0 Å². The molecule has 3 heteroatoms. The Kier molecular flexibility index (Phi) is 5.29. The summed E-state index contributed by atoms with van der Waals surface area (Å²) in [6.45, 7) is 5.02. The summed E-state index contributed by atoms with van der Waals surface area (Å²) < 4.78 is 5.15. The van der Waals surface area contributed by atoms with E-state index in [1.54, 1.807) is 7.11 Å². The summed E-state index contributed by atoms with van der Waals surface area (Å²) in [6.07, 6.45) is 2.88. The first-order chi connectivity index (χ1) is 7.27. The molecule has 0 spiro atoms. The Bertz CT molecular complexity index is 264. The highest BCUT2D eigenvalue weighted by Crippen LogP contribution is 2.09. The Labute approximate surface area is 91.9 Å². The number of pyridine rings is 1. The van der Waals surface area contributed by atoms with Crippen LogP contribution in [0, 0.1) is 0 Å². The standard InChI is InChI=1S/C12H20N2O/c1-4-11(9-15-3)14-10(2)12-7-5-6-8-13-12/h5-8,10-11,14H,4,9H2,1-3H3. The molecule has 1 heterocycles. The fourth-order valence-electron chi connectivity index (χ4n) is 1.56. The van der Waals surface area contributed by atoms with Crippen molar-refractivity contribution in [2.75, 3.05) is 13.7 Å². The van der Waals surface area contributed by atoms with Crippen LogP contribution >= 0.6 is 0 Å². The van der Waals surface area contributed by atoms with Gasteiger partial charge in [-0.3, -0.25) is 4.98 Å². The zero-order valence-electron chi connectivity index (χ0n) is 9.73. The highest BCUT2D eigenvalue weighted by Gasteiger charge is 2.11. The van der Waals surface area contributed by atoms with E-state index in [2.05, 4.69) is 24.1 Å². The van der Waals surface area contributed by atoms with Crippen molar-refractivity contribution in [2.45, 2.75) is 32.4 Å². The summed E-state index contributed by atoms with van der Waals surface area (Å²) >= 11 is 0. The van der Waals surface area contributed by atoms with Crippen molar-refractivity contribution in [3.05, 3.63) is 30.1 Å². The van der Waals surface area contributed by atoms with E-state index in [-0.39, 0.29) is 6.04 Å². The second-order valence-corrected chi connectivity index (χ2v) is 3.70. The highest BCUT2D eigenvalue weighted by molar-refractivity contribution is 5.07. The zero-order valence-corrected chi connectivity index (χ0v) is 9.73. The SMILES string of the molecule is CCC(COC)NC(C)c1ccccn1. The first-order valence-corrected chi connectivity index (χ1v) is 5.43. The molecule has 0 aliphatic rings. The largest absolute Gasteiger partial charge is 0.383 e. The molecule has 2 atom stereocenters. The fraction of sp³-hybridized carbons (Fsp3) is 0.583. The Balaban J connectivity index is 2.50. The third kappa shape index (κ3) is 3.98.